The van der Waals surface area contributed by atoms with Gasteiger partial charge < -0.3 is 10.6 Å². The van der Waals surface area contributed by atoms with Gasteiger partial charge in [-0.3, -0.25) is 4.99 Å². The van der Waals surface area contributed by atoms with E-state index in [0.29, 0.717) is 19.0 Å². The summed E-state index contributed by atoms with van der Waals surface area (Å²) in [6.07, 6.45) is 3.92. The fraction of sp³-hybridized carbons (Fsp3) is 0.733. The van der Waals surface area contributed by atoms with Crippen LogP contribution in [0.2, 0.25) is 0 Å². The highest BCUT2D eigenvalue weighted by atomic mass is 32.2. The zero-order chi connectivity index (χ0) is 17.6. The lowest BCUT2D eigenvalue weighted by Gasteiger charge is -2.30. The minimum absolute atomic E-state index is 0.475. The van der Waals surface area contributed by atoms with E-state index in [9.17, 15) is 8.42 Å². The second-order valence-electron chi connectivity index (χ2n) is 6.09. The number of sulfonamides is 1. The van der Waals surface area contributed by atoms with Gasteiger partial charge in [0.1, 0.15) is 0 Å². The number of aliphatic imine (C=N–C) groups is 1. The molecule has 1 aromatic rings. The van der Waals surface area contributed by atoms with Crippen LogP contribution >= 0.6 is 11.3 Å². The molecule has 2 rings (SSSR count). The molecule has 0 saturated carbocycles. The molecular weight excluding hydrogens is 346 g/mol. The van der Waals surface area contributed by atoms with Gasteiger partial charge in [0, 0.05) is 45.0 Å². The van der Waals surface area contributed by atoms with Gasteiger partial charge in [0.05, 0.1) is 17.0 Å². The molecule has 0 amide bonds. The van der Waals surface area contributed by atoms with E-state index in [1.165, 1.54) is 6.26 Å². The topological polar surface area (TPSA) is 86.7 Å². The number of aryl methyl sites for hydroxylation is 1. The van der Waals surface area contributed by atoms with Crippen LogP contribution in [0.25, 0.3) is 0 Å². The lowest BCUT2D eigenvalue weighted by atomic mass is 9.98. The lowest BCUT2D eigenvalue weighted by molar-refractivity contribution is 0.275. The zero-order valence-electron chi connectivity index (χ0n) is 14.6. The third-order valence-electron chi connectivity index (χ3n) is 4.16. The van der Waals surface area contributed by atoms with Crippen molar-refractivity contribution in [1.29, 1.82) is 0 Å². The summed E-state index contributed by atoms with van der Waals surface area (Å²) in [6, 6.07) is 0. The molecule has 0 aromatic carbocycles. The fourth-order valence-electron chi connectivity index (χ4n) is 2.74. The van der Waals surface area contributed by atoms with E-state index in [1.807, 2.05) is 6.92 Å². The fourth-order valence-corrected chi connectivity index (χ4v) is 4.26. The van der Waals surface area contributed by atoms with E-state index in [1.54, 1.807) is 22.7 Å². The Balaban J connectivity index is 1.67. The highest BCUT2D eigenvalue weighted by Gasteiger charge is 2.24. The summed E-state index contributed by atoms with van der Waals surface area (Å²) in [7, 11) is -1.29. The van der Waals surface area contributed by atoms with E-state index in [0.717, 1.165) is 49.0 Å². The first-order valence-corrected chi connectivity index (χ1v) is 10.9. The molecule has 2 N–H and O–H groups in total. The molecule has 1 fully saturated rings. The predicted molar refractivity (Wildman–Crippen MR) is 99.1 cm³/mol. The second kappa shape index (κ2) is 8.77. The van der Waals surface area contributed by atoms with Crippen molar-refractivity contribution in [3.63, 3.8) is 0 Å². The van der Waals surface area contributed by atoms with Crippen LogP contribution in [0.15, 0.2) is 10.4 Å². The number of rotatable bonds is 6. The van der Waals surface area contributed by atoms with Gasteiger partial charge in [-0.1, -0.05) is 0 Å². The number of nitrogens with zero attached hydrogens (tertiary/aromatic N) is 3. The van der Waals surface area contributed by atoms with Crippen LogP contribution in [-0.2, 0) is 16.4 Å². The predicted octanol–water partition coefficient (Wildman–Crippen LogP) is 0.831. The Kier molecular flexibility index (Phi) is 7.00. The molecule has 0 spiro atoms. The number of piperidine rings is 1. The van der Waals surface area contributed by atoms with Crippen molar-refractivity contribution >= 4 is 27.3 Å². The van der Waals surface area contributed by atoms with Crippen LogP contribution in [-0.4, -0.2) is 63.1 Å². The Morgan fingerprint density at radius 2 is 2.12 bits per heavy atom. The number of guanidine groups is 1. The molecule has 0 radical (unpaired) electrons. The van der Waals surface area contributed by atoms with Crippen LogP contribution < -0.4 is 10.6 Å². The number of nitrogens with one attached hydrogen (secondary N) is 2. The molecule has 9 heteroatoms. The second-order valence-corrected chi connectivity index (χ2v) is 9.14. The van der Waals surface area contributed by atoms with E-state index in [4.69, 9.17) is 0 Å². The normalized spacial score (nSPS) is 17.9. The number of hydrogen-bond acceptors (Lipinski definition) is 5. The first-order chi connectivity index (χ1) is 11.4. The van der Waals surface area contributed by atoms with Gasteiger partial charge in [0.25, 0.3) is 0 Å². The number of hydrogen-bond donors (Lipinski definition) is 2. The summed E-state index contributed by atoms with van der Waals surface area (Å²) in [6.45, 7) is 4.83. The van der Waals surface area contributed by atoms with Crippen LogP contribution in [0.5, 0.6) is 0 Å². The molecule has 0 bridgehead atoms. The smallest absolute Gasteiger partial charge is 0.211 e. The average molecular weight is 374 g/mol. The van der Waals surface area contributed by atoms with Gasteiger partial charge in [-0.05, 0) is 25.7 Å². The molecule has 136 valence electrons. The molecule has 24 heavy (non-hydrogen) atoms. The quantitative estimate of drug-likeness (QED) is 0.570. The van der Waals surface area contributed by atoms with Gasteiger partial charge >= 0.3 is 0 Å². The first kappa shape index (κ1) is 19.1. The minimum atomic E-state index is -3.05. The third-order valence-corrected chi connectivity index (χ3v) is 6.29. The minimum Gasteiger partial charge on any atom is -0.356 e. The van der Waals surface area contributed by atoms with E-state index in [-0.39, 0.29) is 0 Å². The summed E-state index contributed by atoms with van der Waals surface area (Å²) in [5.74, 6) is 1.26. The monoisotopic (exact) mass is 373 g/mol. The molecule has 0 unspecified atom stereocenters. The lowest BCUT2D eigenvalue weighted by Crippen LogP contribution is -2.44. The zero-order valence-corrected chi connectivity index (χ0v) is 16.2. The molecule has 0 aliphatic carbocycles. The molecule has 7 nitrogen and oxygen atoms in total. The first-order valence-electron chi connectivity index (χ1n) is 8.19. The van der Waals surface area contributed by atoms with Gasteiger partial charge in [-0.25, -0.2) is 17.7 Å². The third kappa shape index (κ3) is 6.03. The van der Waals surface area contributed by atoms with Gasteiger partial charge in [0.2, 0.25) is 10.0 Å². The van der Waals surface area contributed by atoms with Crippen LogP contribution in [0.1, 0.15) is 23.5 Å². The highest BCUT2D eigenvalue weighted by Crippen LogP contribution is 2.18. The molecule has 1 aromatic heterocycles. The van der Waals surface area contributed by atoms with Gasteiger partial charge in [-0.15, -0.1) is 11.3 Å². The maximum atomic E-state index is 11.5. The Morgan fingerprint density at radius 1 is 1.42 bits per heavy atom. The Hall–Kier alpha value is -1.19. The number of thiazole rings is 1. The van der Waals surface area contributed by atoms with Crippen molar-refractivity contribution in [1.82, 2.24) is 19.9 Å². The van der Waals surface area contributed by atoms with Gasteiger partial charge in [0.15, 0.2) is 5.96 Å². The highest BCUT2D eigenvalue weighted by molar-refractivity contribution is 7.88. The van der Waals surface area contributed by atoms with E-state index in [2.05, 4.69) is 26.0 Å². The van der Waals surface area contributed by atoms with Crippen molar-refractivity contribution in [2.24, 2.45) is 10.9 Å². The SMILES string of the molecule is CN=C(NCCc1csc(C)n1)NCC1CCN(S(C)(=O)=O)CC1. The number of aromatic nitrogens is 1. The summed E-state index contributed by atoms with van der Waals surface area (Å²) in [4.78, 5) is 8.68. The molecule has 0 atom stereocenters. The van der Waals surface area contributed by atoms with E-state index < -0.39 is 10.0 Å². The maximum absolute atomic E-state index is 11.5. The average Bonchev–Trinajstić information content (AvgIpc) is 2.95. The molecule has 1 aliphatic rings. The maximum Gasteiger partial charge on any atom is 0.211 e. The molecule has 1 saturated heterocycles. The molecule has 1 aliphatic heterocycles. The summed E-state index contributed by atoms with van der Waals surface area (Å²) in [5.41, 5.74) is 1.11. The molecular formula is C15H27N5O2S2. The van der Waals surface area contributed by atoms with Crippen LogP contribution in [0.4, 0.5) is 0 Å². The van der Waals surface area contributed by atoms with Crippen molar-refractivity contribution in [2.45, 2.75) is 26.2 Å². The van der Waals surface area contributed by atoms with Crippen molar-refractivity contribution in [3.8, 4) is 0 Å². The van der Waals surface area contributed by atoms with E-state index >= 15 is 0 Å². The largest absolute Gasteiger partial charge is 0.356 e. The van der Waals surface area contributed by atoms with Crippen LogP contribution in [0, 0.1) is 12.8 Å². The van der Waals surface area contributed by atoms with Crippen molar-refractivity contribution in [3.05, 3.63) is 16.1 Å². The van der Waals surface area contributed by atoms with Crippen LogP contribution in [0.3, 0.4) is 0 Å². The Morgan fingerprint density at radius 3 is 2.67 bits per heavy atom. The summed E-state index contributed by atoms with van der Waals surface area (Å²) in [5, 5.41) is 9.81. The standard InChI is InChI=1S/C15H27N5O2S2/c1-12-19-14(11-23-12)4-7-17-15(16-2)18-10-13-5-8-20(9-6-13)24(3,21)22/h11,13H,4-10H2,1-3H3,(H2,16,17,18). The van der Waals surface area contributed by atoms with Crippen molar-refractivity contribution in [2.75, 3.05) is 39.5 Å². The summed E-state index contributed by atoms with van der Waals surface area (Å²) >= 11 is 1.67. The molecule has 2 heterocycles. The Bertz CT molecular complexity index is 649. The summed E-state index contributed by atoms with van der Waals surface area (Å²) < 4.78 is 24.6. The Labute approximate surface area is 148 Å². The van der Waals surface area contributed by atoms with Crippen molar-refractivity contribution < 1.29 is 8.42 Å². The van der Waals surface area contributed by atoms with Gasteiger partial charge in [-0.2, -0.15) is 0 Å².